The summed E-state index contributed by atoms with van der Waals surface area (Å²) >= 11 is 0. The smallest absolute Gasteiger partial charge is 0.0716 e. The van der Waals surface area contributed by atoms with Crippen LogP contribution in [0.2, 0.25) is 0 Å². The van der Waals surface area contributed by atoms with Crippen molar-refractivity contribution in [2.45, 2.75) is 12.5 Å². The molecule has 3 nitrogen and oxygen atoms in total. The van der Waals surface area contributed by atoms with Crippen molar-refractivity contribution >= 4 is 16.5 Å². The number of benzene rings is 2. The normalized spacial score (nSPS) is 19.5. The molecule has 0 bridgehead atoms. The second-order valence-electron chi connectivity index (χ2n) is 4.97. The summed E-state index contributed by atoms with van der Waals surface area (Å²) in [6.07, 6.45) is 1.39. The summed E-state index contributed by atoms with van der Waals surface area (Å²) in [5.41, 5.74) is 1.18. The Balaban J connectivity index is 1.56. The van der Waals surface area contributed by atoms with Gasteiger partial charge < -0.3 is 15.4 Å². The second kappa shape index (κ2) is 6.04. The Morgan fingerprint density at radius 3 is 2.89 bits per heavy atom. The van der Waals surface area contributed by atoms with Crippen molar-refractivity contribution in [3.8, 4) is 0 Å². The van der Waals surface area contributed by atoms with E-state index in [-0.39, 0.29) is 0 Å². The van der Waals surface area contributed by atoms with Crippen LogP contribution in [-0.2, 0) is 4.74 Å². The van der Waals surface area contributed by atoms with E-state index < -0.39 is 0 Å². The van der Waals surface area contributed by atoms with Gasteiger partial charge in [-0.15, -0.1) is 0 Å². The molecular weight excluding hydrogens is 236 g/mol. The quantitative estimate of drug-likeness (QED) is 0.882. The fourth-order valence-corrected chi connectivity index (χ4v) is 2.48. The molecule has 0 spiro atoms. The third-order valence-electron chi connectivity index (χ3n) is 3.55. The van der Waals surface area contributed by atoms with E-state index in [0.29, 0.717) is 6.10 Å². The highest BCUT2D eigenvalue weighted by atomic mass is 16.5. The van der Waals surface area contributed by atoms with Crippen LogP contribution >= 0.6 is 0 Å². The zero-order chi connectivity index (χ0) is 12.9. The molecule has 100 valence electrons. The molecule has 0 aromatic heterocycles. The number of rotatable bonds is 4. The van der Waals surface area contributed by atoms with E-state index in [0.717, 1.165) is 32.7 Å². The lowest BCUT2D eigenvalue weighted by Gasteiger charge is -2.23. The van der Waals surface area contributed by atoms with Crippen molar-refractivity contribution in [1.82, 2.24) is 5.32 Å². The van der Waals surface area contributed by atoms with Crippen molar-refractivity contribution in [1.29, 1.82) is 0 Å². The predicted molar refractivity (Wildman–Crippen MR) is 79.7 cm³/mol. The number of nitrogens with one attached hydrogen (secondary N) is 2. The molecule has 1 unspecified atom stereocenters. The molecule has 3 heteroatoms. The maximum Gasteiger partial charge on any atom is 0.0716 e. The predicted octanol–water partition coefficient (Wildman–Crippen LogP) is 2.63. The lowest BCUT2D eigenvalue weighted by Crippen LogP contribution is -2.39. The van der Waals surface area contributed by atoms with Crippen LogP contribution in [0.4, 0.5) is 5.69 Å². The molecule has 1 heterocycles. The minimum absolute atomic E-state index is 0.349. The van der Waals surface area contributed by atoms with E-state index in [9.17, 15) is 0 Å². The van der Waals surface area contributed by atoms with Crippen molar-refractivity contribution in [3.63, 3.8) is 0 Å². The number of hydrogen-bond acceptors (Lipinski definition) is 3. The summed E-state index contributed by atoms with van der Waals surface area (Å²) in [5.74, 6) is 0. The van der Waals surface area contributed by atoms with E-state index in [1.165, 1.54) is 16.5 Å². The SMILES string of the molecule is c1ccc2cc(NCCC3CNCCO3)ccc2c1. The first-order valence-corrected chi connectivity index (χ1v) is 6.97. The number of morpholine rings is 1. The van der Waals surface area contributed by atoms with E-state index in [4.69, 9.17) is 4.74 Å². The summed E-state index contributed by atoms with van der Waals surface area (Å²) in [6.45, 7) is 3.74. The number of ether oxygens (including phenoxy) is 1. The van der Waals surface area contributed by atoms with Gasteiger partial charge in [-0.1, -0.05) is 30.3 Å². The fourth-order valence-electron chi connectivity index (χ4n) is 2.48. The largest absolute Gasteiger partial charge is 0.385 e. The van der Waals surface area contributed by atoms with Gasteiger partial charge in [0.05, 0.1) is 12.7 Å². The van der Waals surface area contributed by atoms with Gasteiger partial charge in [-0.25, -0.2) is 0 Å². The Kier molecular flexibility index (Phi) is 3.96. The van der Waals surface area contributed by atoms with Crippen LogP contribution < -0.4 is 10.6 Å². The first kappa shape index (κ1) is 12.5. The average molecular weight is 256 g/mol. The van der Waals surface area contributed by atoms with Crippen molar-refractivity contribution in [3.05, 3.63) is 42.5 Å². The third kappa shape index (κ3) is 3.25. The summed E-state index contributed by atoms with van der Waals surface area (Å²) in [6, 6.07) is 14.9. The minimum Gasteiger partial charge on any atom is -0.385 e. The lowest BCUT2D eigenvalue weighted by atomic mass is 10.1. The zero-order valence-corrected chi connectivity index (χ0v) is 11.1. The van der Waals surface area contributed by atoms with Gasteiger partial charge >= 0.3 is 0 Å². The summed E-state index contributed by atoms with van der Waals surface area (Å²) in [5, 5.41) is 9.40. The highest BCUT2D eigenvalue weighted by Gasteiger charge is 2.12. The van der Waals surface area contributed by atoms with Gasteiger partial charge in [-0.05, 0) is 29.3 Å². The van der Waals surface area contributed by atoms with Gasteiger partial charge in [0.15, 0.2) is 0 Å². The van der Waals surface area contributed by atoms with Gasteiger partial charge in [0.1, 0.15) is 0 Å². The van der Waals surface area contributed by atoms with E-state index in [1.54, 1.807) is 0 Å². The Labute approximate surface area is 114 Å². The fraction of sp³-hybridized carbons (Fsp3) is 0.375. The molecular formula is C16H20N2O. The first-order valence-electron chi connectivity index (χ1n) is 6.97. The topological polar surface area (TPSA) is 33.3 Å². The van der Waals surface area contributed by atoms with Crippen LogP contribution in [0.5, 0.6) is 0 Å². The number of fused-ring (bicyclic) bond motifs is 1. The molecule has 1 aliphatic rings. The first-order chi connectivity index (χ1) is 9.42. The molecule has 0 aliphatic carbocycles. The number of anilines is 1. The van der Waals surface area contributed by atoms with Crippen LogP contribution in [0, 0.1) is 0 Å². The van der Waals surface area contributed by atoms with E-state index in [2.05, 4.69) is 53.1 Å². The van der Waals surface area contributed by atoms with Gasteiger partial charge in [-0.2, -0.15) is 0 Å². The monoisotopic (exact) mass is 256 g/mol. The van der Waals surface area contributed by atoms with Crippen LogP contribution in [0.25, 0.3) is 10.8 Å². The lowest BCUT2D eigenvalue weighted by molar-refractivity contribution is 0.0258. The van der Waals surface area contributed by atoms with E-state index >= 15 is 0 Å². The highest BCUT2D eigenvalue weighted by molar-refractivity contribution is 5.85. The van der Waals surface area contributed by atoms with Gasteiger partial charge in [0.2, 0.25) is 0 Å². The van der Waals surface area contributed by atoms with Crippen LogP contribution in [0.1, 0.15) is 6.42 Å². The van der Waals surface area contributed by atoms with Crippen molar-refractivity contribution in [2.24, 2.45) is 0 Å². The Hall–Kier alpha value is -1.58. The molecule has 0 amide bonds. The molecule has 2 N–H and O–H groups in total. The molecule has 0 radical (unpaired) electrons. The zero-order valence-electron chi connectivity index (χ0n) is 11.1. The maximum atomic E-state index is 5.68. The standard InChI is InChI=1S/C16H20N2O/c1-2-4-14-11-15(6-5-13(14)3-1)18-8-7-16-12-17-9-10-19-16/h1-6,11,16-18H,7-10,12H2. The molecule has 0 saturated carbocycles. The molecule has 1 atom stereocenters. The molecule has 3 rings (SSSR count). The molecule has 2 aromatic carbocycles. The number of hydrogen-bond donors (Lipinski definition) is 2. The van der Waals surface area contributed by atoms with Gasteiger partial charge in [0.25, 0.3) is 0 Å². The van der Waals surface area contributed by atoms with E-state index in [1.807, 2.05) is 0 Å². The van der Waals surface area contributed by atoms with Crippen molar-refractivity contribution < 1.29 is 4.74 Å². The molecule has 2 aromatic rings. The second-order valence-corrected chi connectivity index (χ2v) is 4.97. The minimum atomic E-state index is 0.349. The summed E-state index contributed by atoms with van der Waals surface area (Å²) in [4.78, 5) is 0. The molecule has 19 heavy (non-hydrogen) atoms. The molecule has 1 saturated heterocycles. The average Bonchev–Trinajstić information content (AvgIpc) is 2.48. The van der Waals surface area contributed by atoms with Crippen LogP contribution in [0.3, 0.4) is 0 Å². The highest BCUT2D eigenvalue weighted by Crippen LogP contribution is 2.18. The van der Waals surface area contributed by atoms with Crippen LogP contribution in [0.15, 0.2) is 42.5 Å². The maximum absolute atomic E-state index is 5.68. The van der Waals surface area contributed by atoms with Gasteiger partial charge in [-0.3, -0.25) is 0 Å². The Bertz CT molecular complexity index is 535. The van der Waals surface area contributed by atoms with Crippen molar-refractivity contribution in [2.75, 3.05) is 31.6 Å². The Morgan fingerprint density at radius 2 is 2.05 bits per heavy atom. The molecule has 1 fully saturated rings. The summed E-state index contributed by atoms with van der Waals surface area (Å²) in [7, 11) is 0. The van der Waals surface area contributed by atoms with Crippen LogP contribution in [-0.4, -0.2) is 32.3 Å². The molecule has 1 aliphatic heterocycles. The summed E-state index contributed by atoms with van der Waals surface area (Å²) < 4.78 is 5.68. The third-order valence-corrected chi connectivity index (χ3v) is 3.55. The van der Waals surface area contributed by atoms with Gasteiger partial charge in [0, 0.05) is 25.3 Å². The Morgan fingerprint density at radius 1 is 1.16 bits per heavy atom.